The monoisotopic (exact) mass is 1360 g/mol. The van der Waals surface area contributed by atoms with Gasteiger partial charge < -0.3 is 68.2 Å². The highest BCUT2D eigenvalue weighted by molar-refractivity contribution is 5.92. The molecule has 0 radical (unpaired) electrons. The Kier molecular flexibility index (Phi) is 20.6. The molecule has 4 fully saturated rings. The van der Waals surface area contributed by atoms with Crippen LogP contribution in [0.4, 0.5) is 53.5 Å². The minimum atomic E-state index is -5.05. The van der Waals surface area contributed by atoms with Crippen molar-refractivity contribution >= 4 is 58.0 Å². The van der Waals surface area contributed by atoms with Gasteiger partial charge in [-0.3, -0.25) is 9.59 Å². The summed E-state index contributed by atoms with van der Waals surface area (Å²) in [6.07, 6.45) is -11.3. The third-order valence-electron chi connectivity index (χ3n) is 16.2. The standard InChI is InChI=1S/C31H35F5N4O8.C30H33F5N4O8/c1-29(2,3)24-26(41)40-15-17(14-20(40)27(42)44-4)46-25-23(37-19-13-16(48-31(34,35)36)9-10-18(19)38-25)30(32,33)11-6-12-45-21-7-5-8-22(21)47-28(43)39-24;1-28(2,3)23-25(40)39-14-16(13-19(39)26(41)42)45-24-22(36-18-12-15(47-30(33,34)35)8-9-17(18)37-24)29(31,32)10-5-11-44-20-6-4-7-21(20)46-27(43)38-23/h6,9-11,13,17,20-22,24H,5,7-8,12,14-15H2,1-4H3,(H,39,43);5,8-10,12,16,19-21,23H,4,6-7,11,13-14H2,1-3H3,(H,38,43)(H,41,42)/b11-6+;10-5+/t17-,20+,21-,22-,24-;16-,19+,20-,21-,23-/m11/s1. The molecule has 4 aromatic rings. The number of amides is 4. The van der Waals surface area contributed by atoms with Crippen LogP contribution in [0.1, 0.15) is 104 Å². The van der Waals surface area contributed by atoms with Crippen molar-refractivity contribution in [1.82, 2.24) is 40.4 Å². The number of aromatic nitrogens is 4. The smallest absolute Gasteiger partial charge is 0.480 e. The van der Waals surface area contributed by atoms with Gasteiger partial charge >= 0.3 is 48.7 Å². The van der Waals surface area contributed by atoms with Crippen LogP contribution in [0.3, 0.4) is 0 Å². The first-order valence-corrected chi connectivity index (χ1v) is 30.1. The van der Waals surface area contributed by atoms with Crippen LogP contribution in [-0.4, -0.2) is 178 Å². The summed E-state index contributed by atoms with van der Waals surface area (Å²) in [5.74, 6) is -14.2. The molecule has 10 atom stereocenters. The molecule has 3 N–H and O–H groups in total. The number of ether oxygens (including phenoxy) is 9. The Morgan fingerprint density at radius 1 is 0.568 bits per heavy atom. The quantitative estimate of drug-likeness (QED) is 0.0741. The van der Waals surface area contributed by atoms with Gasteiger partial charge in [-0.05, 0) is 85.8 Å². The minimum Gasteiger partial charge on any atom is -0.480 e. The number of alkyl halides is 10. The average molecular weight is 1360 g/mol. The number of allylic oxidation sites excluding steroid dienone is 2. The zero-order valence-corrected chi connectivity index (χ0v) is 52.1. The lowest BCUT2D eigenvalue weighted by molar-refractivity contribution is -0.275. The second-order valence-electron chi connectivity index (χ2n) is 25.4. The fraction of sp³-hybridized carbons (Fsp3) is 0.574. The average Bonchev–Trinajstić information content (AvgIpc) is 1.70. The summed E-state index contributed by atoms with van der Waals surface area (Å²) >= 11 is 0. The molecule has 4 amide bonds. The third kappa shape index (κ3) is 17.3. The number of hydrogen-bond donors (Lipinski definition) is 3. The molecule has 6 heterocycles. The number of carboxylic acid groups (broad SMARTS) is 1. The van der Waals surface area contributed by atoms with E-state index in [0.717, 1.165) is 65.5 Å². The molecule has 4 aliphatic heterocycles. The summed E-state index contributed by atoms with van der Waals surface area (Å²) in [7, 11) is 1.12. The Balaban J connectivity index is 0.000000223. The van der Waals surface area contributed by atoms with E-state index >= 15 is 17.6 Å². The predicted octanol–water partition coefficient (Wildman–Crippen LogP) is 9.49. The Labute approximate surface area is 535 Å². The molecule has 24 nitrogen and oxygen atoms in total. The van der Waals surface area contributed by atoms with Gasteiger partial charge in [-0.25, -0.2) is 39.1 Å². The Morgan fingerprint density at radius 3 is 1.34 bits per heavy atom. The maximum Gasteiger partial charge on any atom is 0.573 e. The molecule has 95 heavy (non-hydrogen) atoms. The van der Waals surface area contributed by atoms with Gasteiger partial charge in [0.15, 0.2) is 11.4 Å². The van der Waals surface area contributed by atoms with Crippen LogP contribution in [0.5, 0.6) is 23.3 Å². The van der Waals surface area contributed by atoms with Gasteiger partial charge in [0.05, 0.1) is 67.7 Å². The molecule has 2 saturated heterocycles. The molecule has 4 bridgehead atoms. The first-order valence-electron chi connectivity index (χ1n) is 30.1. The fourth-order valence-corrected chi connectivity index (χ4v) is 11.7. The van der Waals surface area contributed by atoms with E-state index in [0.29, 0.717) is 50.7 Å². The zero-order valence-electron chi connectivity index (χ0n) is 52.1. The lowest BCUT2D eigenvalue weighted by Crippen LogP contribution is -2.57. The second kappa shape index (κ2) is 27.6. The van der Waals surface area contributed by atoms with Crippen molar-refractivity contribution in [2.75, 3.05) is 33.4 Å². The molecular weight excluding hydrogens is 1290 g/mol. The summed E-state index contributed by atoms with van der Waals surface area (Å²) < 4.78 is 187. The van der Waals surface area contributed by atoms with Crippen molar-refractivity contribution in [2.45, 2.75) is 178 Å². The SMILES string of the molecule is CC(C)(C)[C@@H]1NC(=O)O[C@@H]2CCC[C@H]2OC/C=C/C(F)(F)c2nc3cc(OC(F)(F)F)ccc3nc2O[C@@H]2C[C@@H](C(=O)O)N(C2)C1=O.COC(=O)[C@@H]1C[C@@H]2CN1C(=O)[C@H](C(C)(C)C)NC(=O)O[C@@H]1CCC[C@H]1OC/C=C/C(F)(F)c1nc3cc(OC(F)(F)F)ccc3nc1O2. The van der Waals surface area contributed by atoms with Gasteiger partial charge in [0.2, 0.25) is 23.6 Å². The highest BCUT2D eigenvalue weighted by Crippen LogP contribution is 2.41. The Hall–Kier alpha value is -8.56. The Morgan fingerprint density at radius 2 is 0.958 bits per heavy atom. The van der Waals surface area contributed by atoms with E-state index in [2.05, 4.69) is 40.0 Å². The van der Waals surface area contributed by atoms with E-state index in [9.17, 15) is 60.2 Å². The number of carbonyl (C=O) groups excluding carboxylic acids is 5. The van der Waals surface area contributed by atoms with E-state index in [1.807, 2.05) is 0 Å². The zero-order chi connectivity index (χ0) is 69.3. The lowest BCUT2D eigenvalue weighted by atomic mass is 9.85. The van der Waals surface area contributed by atoms with Gasteiger partial charge in [-0.1, -0.05) is 53.7 Å². The van der Waals surface area contributed by atoms with Crippen molar-refractivity contribution in [2.24, 2.45) is 10.8 Å². The minimum absolute atomic E-state index is 0.0910. The summed E-state index contributed by atoms with van der Waals surface area (Å²) in [6.45, 7) is 8.83. The van der Waals surface area contributed by atoms with Gasteiger partial charge in [0.1, 0.15) is 60.1 Å². The van der Waals surface area contributed by atoms with Crippen LogP contribution in [0, 0.1) is 10.8 Å². The fourth-order valence-electron chi connectivity index (χ4n) is 11.7. The van der Waals surface area contributed by atoms with Crippen LogP contribution < -0.4 is 29.6 Å². The number of methoxy groups -OCH3 is 1. The number of carboxylic acids is 1. The van der Waals surface area contributed by atoms with E-state index in [1.165, 1.54) is 0 Å². The molecule has 10 rings (SSSR count). The molecule has 2 saturated carbocycles. The number of benzene rings is 2. The summed E-state index contributed by atoms with van der Waals surface area (Å²) in [6, 6.07) is 0.534. The Bertz CT molecular complexity index is 3600. The van der Waals surface area contributed by atoms with E-state index < -0.39 is 167 Å². The largest absolute Gasteiger partial charge is 0.573 e. The van der Waals surface area contributed by atoms with E-state index in [-0.39, 0.29) is 61.2 Å². The van der Waals surface area contributed by atoms with Crippen LogP contribution >= 0.6 is 0 Å². The number of alkyl carbamates (subject to hydrolysis) is 2. The molecule has 6 aliphatic rings. The normalized spacial score (nSPS) is 27.6. The number of fused-ring (bicyclic) bond motifs is 10. The van der Waals surface area contributed by atoms with E-state index in [1.54, 1.807) is 41.5 Å². The van der Waals surface area contributed by atoms with Gasteiger partial charge in [0.25, 0.3) is 0 Å². The van der Waals surface area contributed by atoms with Crippen molar-refractivity contribution in [3.8, 4) is 23.3 Å². The third-order valence-corrected chi connectivity index (χ3v) is 16.2. The van der Waals surface area contributed by atoms with Gasteiger partial charge in [0, 0.05) is 25.0 Å². The van der Waals surface area contributed by atoms with Crippen LogP contribution in [0.25, 0.3) is 22.1 Å². The number of carbonyl (C=O) groups is 6. The second-order valence-corrected chi connectivity index (χ2v) is 25.4. The maximum atomic E-state index is 15.8. The number of halogens is 10. The predicted molar refractivity (Wildman–Crippen MR) is 308 cm³/mol. The highest BCUT2D eigenvalue weighted by atomic mass is 19.4. The van der Waals surface area contributed by atoms with Crippen molar-refractivity contribution < 1.29 is 120 Å². The van der Waals surface area contributed by atoms with Crippen molar-refractivity contribution in [1.29, 1.82) is 0 Å². The molecule has 34 heteroatoms. The summed E-state index contributed by atoms with van der Waals surface area (Å²) in [5, 5.41) is 15.2. The lowest BCUT2D eigenvalue weighted by Gasteiger charge is -2.35. The number of esters is 1. The van der Waals surface area contributed by atoms with Crippen LogP contribution in [0.15, 0.2) is 60.7 Å². The first kappa shape index (κ1) is 70.7. The topological polar surface area (TPSA) is 288 Å². The molecule has 0 spiro atoms. The molecule has 2 aliphatic carbocycles. The number of rotatable bonds is 4. The molecule has 0 unspecified atom stereocenters. The highest BCUT2D eigenvalue weighted by Gasteiger charge is 2.50. The van der Waals surface area contributed by atoms with Gasteiger partial charge in [-0.15, -0.1) is 26.3 Å². The van der Waals surface area contributed by atoms with Crippen molar-refractivity contribution in [3.63, 3.8) is 0 Å². The molecule has 2 aromatic heterocycles. The molecule has 2 aromatic carbocycles. The van der Waals surface area contributed by atoms with E-state index in [4.69, 9.17) is 33.2 Å². The van der Waals surface area contributed by atoms with Gasteiger partial charge in [-0.2, -0.15) is 17.6 Å². The maximum absolute atomic E-state index is 15.8. The number of nitrogens with one attached hydrogen (secondary N) is 2. The summed E-state index contributed by atoms with van der Waals surface area (Å²) in [5.41, 5.74) is -4.79. The number of hydrogen-bond acceptors (Lipinski definition) is 19. The first-order chi connectivity index (χ1) is 44.4. The molecular formula is C61H68F10N8O16. The molecule has 518 valence electrons. The number of aliphatic carboxylic acids is 1. The van der Waals surface area contributed by atoms with Crippen molar-refractivity contribution in [3.05, 3.63) is 72.1 Å². The van der Waals surface area contributed by atoms with Crippen LogP contribution in [-0.2, 0) is 54.7 Å². The summed E-state index contributed by atoms with van der Waals surface area (Å²) in [4.78, 5) is 97.3. The number of nitrogens with zero attached hydrogens (tertiary/aromatic N) is 6. The van der Waals surface area contributed by atoms with Crippen LogP contribution in [0.2, 0.25) is 0 Å².